The molecule has 35 heavy (non-hydrogen) atoms. The number of fused-ring (bicyclic) bond motifs is 1. The van der Waals surface area contributed by atoms with Crippen molar-refractivity contribution in [3.05, 3.63) is 64.3 Å². The maximum Gasteiger partial charge on any atom is 0.252 e. The fourth-order valence-corrected chi connectivity index (χ4v) is 5.65. The Balaban J connectivity index is 1.36. The molecular weight excluding hydrogens is 441 g/mol. The Kier molecular flexibility index (Phi) is 6.46. The SMILES string of the molecule is Cn1c(=O)cc(N(C)[C@H]2CC[C@H](N(CC3CCC3)c3ccc(F)cc3)CC2)c2nc(C#N)ccc21. The van der Waals surface area contributed by atoms with Crippen LogP contribution >= 0.6 is 0 Å². The molecule has 3 aromatic rings. The van der Waals surface area contributed by atoms with Crippen LogP contribution in [0.1, 0.15) is 50.6 Å². The first-order valence-electron chi connectivity index (χ1n) is 12.6. The number of rotatable bonds is 6. The van der Waals surface area contributed by atoms with Gasteiger partial charge in [-0.15, -0.1) is 0 Å². The number of anilines is 2. The van der Waals surface area contributed by atoms with E-state index in [-0.39, 0.29) is 17.4 Å². The van der Waals surface area contributed by atoms with Gasteiger partial charge in [0.1, 0.15) is 23.1 Å². The van der Waals surface area contributed by atoms with Gasteiger partial charge in [0.05, 0.1) is 11.2 Å². The smallest absolute Gasteiger partial charge is 0.252 e. The number of pyridine rings is 2. The Bertz CT molecular complexity index is 1300. The number of halogens is 1. The molecule has 1 aromatic carbocycles. The zero-order valence-corrected chi connectivity index (χ0v) is 20.5. The van der Waals surface area contributed by atoms with E-state index in [9.17, 15) is 14.4 Å². The van der Waals surface area contributed by atoms with Crippen LogP contribution < -0.4 is 15.4 Å². The zero-order valence-electron chi connectivity index (χ0n) is 20.5. The molecular formula is C28H32FN5O. The molecule has 0 saturated heterocycles. The fraction of sp³-hybridized carbons (Fsp3) is 0.464. The molecule has 0 atom stereocenters. The Morgan fingerprint density at radius 2 is 1.74 bits per heavy atom. The average molecular weight is 474 g/mol. The van der Waals surface area contributed by atoms with Crippen molar-refractivity contribution in [2.75, 3.05) is 23.4 Å². The van der Waals surface area contributed by atoms with Gasteiger partial charge < -0.3 is 14.4 Å². The summed E-state index contributed by atoms with van der Waals surface area (Å²) in [5.74, 6) is 0.532. The van der Waals surface area contributed by atoms with Crippen molar-refractivity contribution in [3.8, 4) is 6.07 Å². The molecule has 0 spiro atoms. The second kappa shape index (κ2) is 9.69. The Morgan fingerprint density at radius 3 is 2.37 bits per heavy atom. The number of nitrogens with zero attached hydrogens (tertiary/aromatic N) is 5. The van der Waals surface area contributed by atoms with E-state index >= 15 is 0 Å². The minimum atomic E-state index is -0.197. The minimum Gasteiger partial charge on any atom is -0.370 e. The number of nitriles is 1. The third-order valence-corrected chi connectivity index (χ3v) is 8.06. The molecule has 0 aliphatic heterocycles. The van der Waals surface area contributed by atoms with E-state index in [1.807, 2.05) is 19.2 Å². The van der Waals surface area contributed by atoms with Crippen LogP contribution in [0.15, 0.2) is 47.3 Å². The summed E-state index contributed by atoms with van der Waals surface area (Å²) in [6, 6.07) is 14.9. The second-order valence-corrected chi connectivity index (χ2v) is 10.1. The molecule has 6 nitrogen and oxygen atoms in total. The van der Waals surface area contributed by atoms with E-state index in [4.69, 9.17) is 0 Å². The third kappa shape index (κ3) is 4.62. The highest BCUT2D eigenvalue weighted by molar-refractivity contribution is 5.88. The summed E-state index contributed by atoms with van der Waals surface area (Å²) in [5, 5.41) is 9.35. The van der Waals surface area contributed by atoms with E-state index in [1.54, 1.807) is 41.9 Å². The summed E-state index contributed by atoms with van der Waals surface area (Å²) >= 11 is 0. The fourth-order valence-electron chi connectivity index (χ4n) is 5.65. The van der Waals surface area contributed by atoms with Crippen LogP contribution in [0, 0.1) is 23.1 Å². The molecule has 0 N–H and O–H groups in total. The third-order valence-electron chi connectivity index (χ3n) is 8.06. The van der Waals surface area contributed by atoms with Gasteiger partial charge in [-0.25, -0.2) is 9.37 Å². The molecule has 2 aromatic heterocycles. The first-order valence-corrected chi connectivity index (χ1v) is 12.6. The summed E-state index contributed by atoms with van der Waals surface area (Å²) in [4.78, 5) is 21.9. The summed E-state index contributed by atoms with van der Waals surface area (Å²) in [6.07, 6.45) is 7.95. The minimum absolute atomic E-state index is 0.0810. The lowest BCUT2D eigenvalue weighted by Crippen LogP contribution is -2.46. The van der Waals surface area contributed by atoms with Crippen LogP contribution in [0.3, 0.4) is 0 Å². The van der Waals surface area contributed by atoms with Gasteiger partial charge in [-0.05, 0) is 80.8 Å². The van der Waals surface area contributed by atoms with Crippen molar-refractivity contribution >= 4 is 22.4 Å². The topological polar surface area (TPSA) is 65.2 Å². The number of benzene rings is 1. The van der Waals surface area contributed by atoms with Crippen molar-refractivity contribution in [2.24, 2.45) is 13.0 Å². The standard InChI is InChI=1S/C28H32FN5O/c1-32(26-16-27(35)33(2)25-15-8-21(17-30)31-28(25)26)22-11-13-24(14-12-22)34(18-19-4-3-5-19)23-9-6-20(29)7-10-23/h6-10,15-16,19,22,24H,3-5,11-14,18H2,1-2H3/t22-,24-. The quantitative estimate of drug-likeness (QED) is 0.504. The van der Waals surface area contributed by atoms with Gasteiger partial charge in [0.15, 0.2) is 0 Å². The molecule has 2 saturated carbocycles. The van der Waals surface area contributed by atoms with Crippen molar-refractivity contribution in [3.63, 3.8) is 0 Å². The summed E-state index contributed by atoms with van der Waals surface area (Å²) < 4.78 is 15.2. The highest BCUT2D eigenvalue weighted by atomic mass is 19.1. The first kappa shape index (κ1) is 23.3. The van der Waals surface area contributed by atoms with Crippen molar-refractivity contribution in [2.45, 2.75) is 57.0 Å². The maximum absolute atomic E-state index is 13.6. The molecule has 0 bridgehead atoms. The zero-order chi connectivity index (χ0) is 24.5. The lowest BCUT2D eigenvalue weighted by atomic mass is 9.83. The van der Waals surface area contributed by atoms with E-state index in [2.05, 4.69) is 20.9 Å². The van der Waals surface area contributed by atoms with Gasteiger partial charge in [0.2, 0.25) is 0 Å². The van der Waals surface area contributed by atoms with Gasteiger partial charge in [-0.2, -0.15) is 5.26 Å². The van der Waals surface area contributed by atoms with Crippen molar-refractivity contribution < 1.29 is 4.39 Å². The predicted molar refractivity (Wildman–Crippen MR) is 137 cm³/mol. The van der Waals surface area contributed by atoms with Crippen LogP contribution in [0.25, 0.3) is 11.0 Å². The summed E-state index contributed by atoms with van der Waals surface area (Å²) in [6.45, 7) is 1.04. The largest absolute Gasteiger partial charge is 0.370 e. The van der Waals surface area contributed by atoms with E-state index < -0.39 is 0 Å². The van der Waals surface area contributed by atoms with Crippen molar-refractivity contribution in [1.82, 2.24) is 9.55 Å². The maximum atomic E-state index is 13.6. The van der Waals surface area contributed by atoms with Gasteiger partial charge in [0.25, 0.3) is 5.56 Å². The Morgan fingerprint density at radius 1 is 1.06 bits per heavy atom. The van der Waals surface area contributed by atoms with Crippen LogP contribution in [-0.2, 0) is 7.05 Å². The molecule has 2 aliphatic carbocycles. The van der Waals surface area contributed by atoms with Crippen LogP contribution in [0.4, 0.5) is 15.8 Å². The highest BCUT2D eigenvalue weighted by Gasteiger charge is 2.31. The van der Waals surface area contributed by atoms with Crippen LogP contribution in [0.5, 0.6) is 0 Å². The summed E-state index contributed by atoms with van der Waals surface area (Å²) in [5.41, 5.74) is 3.58. The molecule has 5 rings (SSSR count). The Labute approximate surface area is 205 Å². The normalized spacial score (nSPS) is 20.3. The van der Waals surface area contributed by atoms with Gasteiger partial charge >= 0.3 is 0 Å². The lowest BCUT2D eigenvalue weighted by Gasteiger charge is -2.43. The van der Waals surface area contributed by atoms with E-state index in [0.717, 1.165) is 55.0 Å². The molecule has 7 heteroatoms. The second-order valence-electron chi connectivity index (χ2n) is 10.1. The highest BCUT2D eigenvalue weighted by Crippen LogP contribution is 2.36. The molecule has 0 unspecified atom stereocenters. The summed E-state index contributed by atoms with van der Waals surface area (Å²) in [7, 11) is 3.77. The van der Waals surface area contributed by atoms with Crippen LogP contribution in [0.2, 0.25) is 0 Å². The predicted octanol–water partition coefficient (Wildman–Crippen LogP) is 5.00. The van der Waals surface area contributed by atoms with Gasteiger partial charge in [0, 0.05) is 44.5 Å². The molecule has 182 valence electrons. The molecule has 0 radical (unpaired) electrons. The van der Waals surface area contributed by atoms with Crippen molar-refractivity contribution in [1.29, 1.82) is 5.26 Å². The first-order chi connectivity index (χ1) is 16.9. The molecule has 2 aliphatic rings. The number of hydrogen-bond donors (Lipinski definition) is 0. The van der Waals surface area contributed by atoms with Gasteiger partial charge in [-0.1, -0.05) is 6.42 Å². The van der Waals surface area contributed by atoms with E-state index in [1.165, 1.54) is 19.3 Å². The number of hydrogen-bond acceptors (Lipinski definition) is 5. The number of aryl methyl sites for hydroxylation is 1. The van der Waals surface area contributed by atoms with Crippen LogP contribution in [-0.4, -0.2) is 35.2 Å². The number of aromatic nitrogens is 2. The average Bonchev–Trinajstić information content (AvgIpc) is 2.86. The molecule has 2 heterocycles. The lowest BCUT2D eigenvalue weighted by molar-refractivity contribution is 0.291. The Hall–Kier alpha value is -3.40. The van der Waals surface area contributed by atoms with E-state index in [0.29, 0.717) is 17.3 Å². The molecule has 0 amide bonds. The molecule has 2 fully saturated rings. The monoisotopic (exact) mass is 473 g/mol. The van der Waals surface area contributed by atoms with Gasteiger partial charge in [-0.3, -0.25) is 4.79 Å².